The molecule has 0 aliphatic carbocycles. The van der Waals surface area contributed by atoms with Crippen LogP contribution in [0.15, 0.2) is 0 Å². The number of hydrogen-bond acceptors (Lipinski definition) is 5. The first-order valence-corrected chi connectivity index (χ1v) is 8.14. The monoisotopic (exact) mass is 283 g/mol. The number of nitrogens with one attached hydrogen (secondary N) is 1. The molecule has 2 atom stereocenters. The maximum absolute atomic E-state index is 5.67. The fraction of sp³-hybridized carbons (Fsp3) is 0.857. The van der Waals surface area contributed by atoms with Crippen LogP contribution in [0.2, 0.25) is 0 Å². The van der Waals surface area contributed by atoms with E-state index < -0.39 is 0 Å². The lowest BCUT2D eigenvalue weighted by molar-refractivity contribution is 0.0394. The van der Waals surface area contributed by atoms with Gasteiger partial charge in [-0.1, -0.05) is 25.3 Å². The summed E-state index contributed by atoms with van der Waals surface area (Å²) in [6.07, 6.45) is 3.54. The molecule has 0 radical (unpaired) electrons. The third-order valence-electron chi connectivity index (χ3n) is 3.65. The van der Waals surface area contributed by atoms with Crippen molar-refractivity contribution in [3.8, 4) is 0 Å². The van der Waals surface area contributed by atoms with E-state index in [0.717, 1.165) is 38.3 Å². The van der Waals surface area contributed by atoms with E-state index >= 15 is 0 Å². The number of ether oxygens (including phenoxy) is 1. The molecule has 108 valence electrons. The van der Waals surface area contributed by atoms with Crippen LogP contribution in [0.25, 0.3) is 0 Å². The average Bonchev–Trinajstić information content (AvgIpc) is 2.90. The first-order valence-electron chi connectivity index (χ1n) is 7.37. The van der Waals surface area contributed by atoms with E-state index in [1.165, 1.54) is 11.3 Å². The largest absolute Gasteiger partial charge is 0.381 e. The standard InChI is InChI=1S/C14H25N3OS/c1-4-7-15-13(11-6-5-8-18-9-11)14-12(10(2)3)16-17-19-14/h10-11,13,15H,4-9H2,1-3H3. The number of nitrogens with zero attached hydrogens (tertiary/aromatic N) is 2. The lowest BCUT2D eigenvalue weighted by atomic mass is 9.90. The van der Waals surface area contributed by atoms with Gasteiger partial charge in [0.25, 0.3) is 0 Å². The molecule has 1 aliphatic rings. The van der Waals surface area contributed by atoms with Crippen LogP contribution in [0.5, 0.6) is 0 Å². The lowest BCUT2D eigenvalue weighted by Gasteiger charge is -2.30. The van der Waals surface area contributed by atoms with E-state index in [4.69, 9.17) is 4.74 Å². The normalized spacial score (nSPS) is 21.8. The van der Waals surface area contributed by atoms with E-state index in [-0.39, 0.29) is 0 Å². The molecule has 2 heterocycles. The summed E-state index contributed by atoms with van der Waals surface area (Å²) >= 11 is 1.55. The highest BCUT2D eigenvalue weighted by Gasteiger charge is 2.29. The summed E-state index contributed by atoms with van der Waals surface area (Å²) < 4.78 is 9.84. The van der Waals surface area contributed by atoms with Crippen molar-refractivity contribution < 1.29 is 4.74 Å². The van der Waals surface area contributed by atoms with Crippen LogP contribution < -0.4 is 5.32 Å². The highest BCUT2D eigenvalue weighted by Crippen LogP contribution is 2.34. The van der Waals surface area contributed by atoms with Gasteiger partial charge in [-0.05, 0) is 43.3 Å². The van der Waals surface area contributed by atoms with Crippen molar-refractivity contribution in [2.75, 3.05) is 19.8 Å². The van der Waals surface area contributed by atoms with Crippen LogP contribution in [0.1, 0.15) is 62.6 Å². The van der Waals surface area contributed by atoms with E-state index in [1.807, 2.05) is 0 Å². The van der Waals surface area contributed by atoms with Crippen LogP contribution in [0.4, 0.5) is 0 Å². The third-order valence-corrected chi connectivity index (χ3v) is 4.47. The van der Waals surface area contributed by atoms with Crippen LogP contribution in [-0.2, 0) is 4.74 Å². The molecule has 2 rings (SSSR count). The van der Waals surface area contributed by atoms with Gasteiger partial charge in [0.15, 0.2) is 0 Å². The molecule has 0 bridgehead atoms. The predicted molar refractivity (Wildman–Crippen MR) is 78.6 cm³/mol. The summed E-state index contributed by atoms with van der Waals surface area (Å²) in [5, 5.41) is 8.01. The molecule has 1 fully saturated rings. The van der Waals surface area contributed by atoms with Crippen LogP contribution in [-0.4, -0.2) is 29.3 Å². The Hall–Kier alpha value is -0.520. The summed E-state index contributed by atoms with van der Waals surface area (Å²) in [7, 11) is 0. The maximum Gasteiger partial charge on any atom is 0.0829 e. The van der Waals surface area contributed by atoms with Crippen LogP contribution in [0.3, 0.4) is 0 Å². The van der Waals surface area contributed by atoms with Gasteiger partial charge in [0, 0.05) is 12.5 Å². The summed E-state index contributed by atoms with van der Waals surface area (Å²) in [5.74, 6) is 0.990. The molecule has 1 aliphatic heterocycles. The minimum Gasteiger partial charge on any atom is -0.381 e. The molecule has 1 saturated heterocycles. The van der Waals surface area contributed by atoms with Crippen LogP contribution >= 0.6 is 11.5 Å². The Balaban J connectivity index is 2.17. The van der Waals surface area contributed by atoms with E-state index in [0.29, 0.717) is 17.9 Å². The Morgan fingerprint density at radius 1 is 1.47 bits per heavy atom. The molecule has 0 saturated carbocycles. The maximum atomic E-state index is 5.67. The summed E-state index contributed by atoms with van der Waals surface area (Å²) in [6, 6.07) is 0.359. The topological polar surface area (TPSA) is 47.0 Å². The van der Waals surface area contributed by atoms with Gasteiger partial charge >= 0.3 is 0 Å². The van der Waals surface area contributed by atoms with Gasteiger partial charge in [-0.15, -0.1) is 5.10 Å². The quantitative estimate of drug-likeness (QED) is 0.871. The summed E-state index contributed by atoms with van der Waals surface area (Å²) in [4.78, 5) is 1.32. The highest BCUT2D eigenvalue weighted by molar-refractivity contribution is 7.05. The van der Waals surface area contributed by atoms with Crippen molar-refractivity contribution in [1.82, 2.24) is 14.9 Å². The van der Waals surface area contributed by atoms with Gasteiger partial charge in [-0.25, -0.2) is 0 Å². The van der Waals surface area contributed by atoms with E-state index in [2.05, 4.69) is 35.7 Å². The van der Waals surface area contributed by atoms with Gasteiger partial charge in [-0.2, -0.15) is 0 Å². The Bertz CT molecular complexity index is 375. The molecule has 4 nitrogen and oxygen atoms in total. The first-order chi connectivity index (χ1) is 9.24. The molecule has 0 amide bonds. The Morgan fingerprint density at radius 3 is 2.95 bits per heavy atom. The van der Waals surface area contributed by atoms with Crippen molar-refractivity contribution in [3.05, 3.63) is 10.6 Å². The zero-order valence-corrected chi connectivity index (χ0v) is 13.0. The molecule has 0 spiro atoms. The molecule has 2 unspecified atom stereocenters. The summed E-state index contributed by atoms with van der Waals surface area (Å²) in [5.41, 5.74) is 1.16. The fourth-order valence-electron chi connectivity index (χ4n) is 2.62. The molecule has 1 N–H and O–H groups in total. The molecular weight excluding hydrogens is 258 g/mol. The molecule has 1 aromatic rings. The van der Waals surface area contributed by atoms with Gasteiger partial charge in [0.1, 0.15) is 0 Å². The van der Waals surface area contributed by atoms with E-state index in [9.17, 15) is 0 Å². The molecule has 1 aromatic heterocycles. The highest BCUT2D eigenvalue weighted by atomic mass is 32.1. The van der Waals surface area contributed by atoms with Crippen molar-refractivity contribution in [1.29, 1.82) is 0 Å². The van der Waals surface area contributed by atoms with Gasteiger partial charge in [0.2, 0.25) is 0 Å². The SMILES string of the molecule is CCCNC(c1snnc1C(C)C)C1CCCOC1. The van der Waals surface area contributed by atoms with Gasteiger partial charge in [0.05, 0.1) is 23.2 Å². The first kappa shape index (κ1) is 14.9. The Morgan fingerprint density at radius 2 is 2.32 bits per heavy atom. The minimum absolute atomic E-state index is 0.359. The second kappa shape index (κ2) is 7.31. The van der Waals surface area contributed by atoms with E-state index in [1.54, 1.807) is 11.5 Å². The van der Waals surface area contributed by atoms with Crippen molar-refractivity contribution in [2.45, 2.75) is 52.0 Å². The summed E-state index contributed by atoms with van der Waals surface area (Å²) in [6.45, 7) is 9.39. The Labute approximate surface area is 120 Å². The fourth-order valence-corrected chi connectivity index (χ4v) is 3.60. The van der Waals surface area contributed by atoms with Crippen molar-refractivity contribution >= 4 is 11.5 Å². The third kappa shape index (κ3) is 3.74. The smallest absolute Gasteiger partial charge is 0.0829 e. The lowest BCUT2D eigenvalue weighted by Crippen LogP contribution is -2.34. The molecular formula is C14H25N3OS. The zero-order chi connectivity index (χ0) is 13.7. The minimum atomic E-state index is 0.359. The molecule has 19 heavy (non-hydrogen) atoms. The van der Waals surface area contributed by atoms with Crippen molar-refractivity contribution in [2.24, 2.45) is 5.92 Å². The Kier molecular flexibility index (Phi) is 5.73. The predicted octanol–water partition coefficient (Wildman–Crippen LogP) is 3.13. The second-order valence-corrected chi connectivity index (χ2v) is 6.37. The average molecular weight is 283 g/mol. The number of rotatable bonds is 6. The number of hydrogen-bond donors (Lipinski definition) is 1. The molecule has 0 aromatic carbocycles. The van der Waals surface area contributed by atoms with Gasteiger partial charge < -0.3 is 10.1 Å². The van der Waals surface area contributed by atoms with Crippen LogP contribution in [0, 0.1) is 5.92 Å². The zero-order valence-electron chi connectivity index (χ0n) is 12.2. The van der Waals surface area contributed by atoms with Crippen molar-refractivity contribution in [3.63, 3.8) is 0 Å². The second-order valence-electron chi connectivity index (χ2n) is 5.59. The van der Waals surface area contributed by atoms with Gasteiger partial charge in [-0.3, -0.25) is 0 Å². The number of aromatic nitrogens is 2. The molecule has 5 heteroatoms.